The van der Waals surface area contributed by atoms with E-state index in [0.717, 1.165) is 35.7 Å². The van der Waals surface area contributed by atoms with Crippen molar-refractivity contribution in [3.63, 3.8) is 0 Å². The lowest BCUT2D eigenvalue weighted by molar-refractivity contribution is -0.0725. The summed E-state index contributed by atoms with van der Waals surface area (Å²) in [5, 5.41) is 0. The minimum atomic E-state index is -0.0521. The van der Waals surface area contributed by atoms with E-state index in [1.807, 2.05) is 19.1 Å². The van der Waals surface area contributed by atoms with Gasteiger partial charge < -0.3 is 15.2 Å². The molecule has 20 heavy (non-hydrogen) atoms. The third-order valence-electron chi connectivity index (χ3n) is 3.93. The van der Waals surface area contributed by atoms with Gasteiger partial charge in [0.15, 0.2) is 0 Å². The van der Waals surface area contributed by atoms with Crippen LogP contribution in [0.2, 0.25) is 0 Å². The summed E-state index contributed by atoms with van der Waals surface area (Å²) in [6, 6.07) is 8.20. The zero-order valence-corrected chi connectivity index (χ0v) is 13.8. The van der Waals surface area contributed by atoms with Crippen LogP contribution in [-0.4, -0.2) is 25.4 Å². The van der Waals surface area contributed by atoms with Gasteiger partial charge in [-0.2, -0.15) is 0 Å². The van der Waals surface area contributed by atoms with Gasteiger partial charge in [0.05, 0.1) is 18.3 Å². The summed E-state index contributed by atoms with van der Waals surface area (Å²) in [6.07, 6.45) is 4.88. The van der Waals surface area contributed by atoms with Gasteiger partial charge >= 0.3 is 0 Å². The van der Waals surface area contributed by atoms with E-state index in [-0.39, 0.29) is 18.2 Å². The third-order valence-corrected chi connectivity index (χ3v) is 4.46. The highest BCUT2D eigenvalue weighted by molar-refractivity contribution is 9.10. The van der Waals surface area contributed by atoms with E-state index < -0.39 is 0 Å². The minimum Gasteiger partial charge on any atom is -0.381 e. The second kappa shape index (κ2) is 7.55. The molecular formula is C16H24BrNO2. The zero-order chi connectivity index (χ0) is 14.5. The third kappa shape index (κ3) is 4.29. The molecule has 1 aromatic rings. The first-order chi connectivity index (χ1) is 9.60. The standard InChI is InChI=1S/C16H24BrNO2/c1-11(18)16(12-6-8-13(17)9-7-12)20-15-5-3-4-14(10-15)19-2/h6-9,11,14-16H,3-5,10,18H2,1-2H3. The van der Waals surface area contributed by atoms with Crippen LogP contribution in [0.4, 0.5) is 0 Å². The Morgan fingerprint density at radius 3 is 2.45 bits per heavy atom. The van der Waals surface area contributed by atoms with Crippen LogP contribution in [-0.2, 0) is 9.47 Å². The molecule has 4 atom stereocenters. The minimum absolute atomic E-state index is 0.0286. The quantitative estimate of drug-likeness (QED) is 0.885. The Morgan fingerprint density at radius 1 is 1.20 bits per heavy atom. The number of methoxy groups -OCH3 is 1. The van der Waals surface area contributed by atoms with E-state index in [4.69, 9.17) is 15.2 Å². The summed E-state index contributed by atoms with van der Waals surface area (Å²) in [5.74, 6) is 0. The lowest BCUT2D eigenvalue weighted by atomic mass is 9.94. The Kier molecular flexibility index (Phi) is 6.02. The van der Waals surface area contributed by atoms with E-state index in [1.54, 1.807) is 7.11 Å². The molecule has 1 aliphatic rings. The highest BCUT2D eigenvalue weighted by atomic mass is 79.9. The summed E-state index contributed by atoms with van der Waals surface area (Å²) in [6.45, 7) is 2.00. The number of rotatable bonds is 5. The molecule has 1 aromatic carbocycles. The van der Waals surface area contributed by atoms with Crippen LogP contribution in [0.1, 0.15) is 44.3 Å². The average Bonchev–Trinajstić information content (AvgIpc) is 2.46. The Labute approximate surface area is 130 Å². The second-order valence-corrected chi connectivity index (χ2v) is 6.53. The first-order valence-electron chi connectivity index (χ1n) is 7.29. The van der Waals surface area contributed by atoms with Crippen LogP contribution >= 0.6 is 15.9 Å². The molecule has 4 unspecified atom stereocenters. The molecule has 0 aromatic heterocycles. The van der Waals surface area contributed by atoms with E-state index in [9.17, 15) is 0 Å². The molecule has 3 nitrogen and oxygen atoms in total. The number of ether oxygens (including phenoxy) is 2. The molecule has 1 aliphatic carbocycles. The SMILES string of the molecule is COC1CCCC(OC(c2ccc(Br)cc2)C(C)N)C1. The van der Waals surface area contributed by atoms with Crippen molar-refractivity contribution in [3.05, 3.63) is 34.3 Å². The Morgan fingerprint density at radius 2 is 1.85 bits per heavy atom. The predicted octanol–water partition coefficient (Wildman–Crippen LogP) is 3.81. The van der Waals surface area contributed by atoms with Crippen LogP contribution in [0, 0.1) is 0 Å². The molecule has 0 heterocycles. The van der Waals surface area contributed by atoms with E-state index in [2.05, 4.69) is 28.1 Å². The van der Waals surface area contributed by atoms with Crippen LogP contribution in [0.25, 0.3) is 0 Å². The molecule has 0 radical (unpaired) electrons. The molecule has 0 aliphatic heterocycles. The summed E-state index contributed by atoms with van der Waals surface area (Å²) in [7, 11) is 1.78. The van der Waals surface area contributed by atoms with Gasteiger partial charge in [0.1, 0.15) is 0 Å². The van der Waals surface area contributed by atoms with Crippen molar-refractivity contribution >= 4 is 15.9 Å². The largest absolute Gasteiger partial charge is 0.381 e. The molecule has 112 valence electrons. The number of benzene rings is 1. The van der Waals surface area contributed by atoms with Gasteiger partial charge in [0.2, 0.25) is 0 Å². The first-order valence-corrected chi connectivity index (χ1v) is 8.08. The van der Waals surface area contributed by atoms with Crippen molar-refractivity contribution in [3.8, 4) is 0 Å². The van der Waals surface area contributed by atoms with Crippen molar-refractivity contribution in [2.24, 2.45) is 5.73 Å². The fourth-order valence-electron chi connectivity index (χ4n) is 2.81. The number of hydrogen-bond acceptors (Lipinski definition) is 3. The fourth-order valence-corrected chi connectivity index (χ4v) is 3.07. The monoisotopic (exact) mass is 341 g/mol. The molecule has 4 heteroatoms. The van der Waals surface area contributed by atoms with Crippen LogP contribution in [0.15, 0.2) is 28.7 Å². The van der Waals surface area contributed by atoms with Crippen molar-refractivity contribution < 1.29 is 9.47 Å². The molecule has 0 spiro atoms. The maximum Gasteiger partial charge on any atom is 0.0976 e. The van der Waals surface area contributed by atoms with E-state index in [1.165, 1.54) is 0 Å². The Hall–Kier alpha value is -0.420. The smallest absolute Gasteiger partial charge is 0.0976 e. The van der Waals surface area contributed by atoms with Crippen molar-refractivity contribution in [2.45, 2.75) is 57.0 Å². The van der Waals surface area contributed by atoms with Crippen LogP contribution in [0.3, 0.4) is 0 Å². The summed E-state index contributed by atoms with van der Waals surface area (Å²) < 4.78 is 12.8. The number of halogens is 1. The molecule has 0 amide bonds. The van der Waals surface area contributed by atoms with Gasteiger partial charge in [0, 0.05) is 17.6 Å². The van der Waals surface area contributed by atoms with Gasteiger partial charge in [-0.05, 0) is 50.3 Å². The summed E-state index contributed by atoms with van der Waals surface area (Å²) >= 11 is 3.46. The van der Waals surface area contributed by atoms with Crippen LogP contribution < -0.4 is 5.73 Å². The fraction of sp³-hybridized carbons (Fsp3) is 0.625. The second-order valence-electron chi connectivity index (χ2n) is 5.61. The predicted molar refractivity (Wildman–Crippen MR) is 84.7 cm³/mol. The molecule has 0 bridgehead atoms. The normalized spacial score (nSPS) is 26.2. The summed E-state index contributed by atoms with van der Waals surface area (Å²) in [4.78, 5) is 0. The average molecular weight is 342 g/mol. The van der Waals surface area contributed by atoms with Gasteiger partial charge in [-0.25, -0.2) is 0 Å². The summed E-state index contributed by atoms with van der Waals surface area (Å²) in [5.41, 5.74) is 7.26. The maximum absolute atomic E-state index is 6.29. The highest BCUT2D eigenvalue weighted by Gasteiger charge is 2.27. The van der Waals surface area contributed by atoms with Crippen molar-refractivity contribution in [1.29, 1.82) is 0 Å². The zero-order valence-electron chi connectivity index (χ0n) is 12.2. The Balaban J connectivity index is 2.04. The molecule has 2 N–H and O–H groups in total. The van der Waals surface area contributed by atoms with Gasteiger partial charge in [-0.3, -0.25) is 0 Å². The maximum atomic E-state index is 6.29. The number of hydrogen-bond donors (Lipinski definition) is 1. The molecule has 0 saturated heterocycles. The number of nitrogens with two attached hydrogens (primary N) is 1. The van der Waals surface area contributed by atoms with E-state index in [0.29, 0.717) is 6.10 Å². The molecule has 2 rings (SSSR count). The first kappa shape index (κ1) is 16.0. The molecular weight excluding hydrogens is 318 g/mol. The van der Waals surface area contributed by atoms with Gasteiger partial charge in [-0.15, -0.1) is 0 Å². The topological polar surface area (TPSA) is 44.5 Å². The van der Waals surface area contributed by atoms with Gasteiger partial charge in [0.25, 0.3) is 0 Å². The lowest BCUT2D eigenvalue weighted by Crippen LogP contribution is -2.34. The van der Waals surface area contributed by atoms with E-state index >= 15 is 0 Å². The lowest BCUT2D eigenvalue weighted by Gasteiger charge is -2.33. The van der Waals surface area contributed by atoms with Crippen molar-refractivity contribution in [2.75, 3.05) is 7.11 Å². The highest BCUT2D eigenvalue weighted by Crippen LogP contribution is 2.30. The Bertz CT molecular complexity index is 407. The van der Waals surface area contributed by atoms with Crippen molar-refractivity contribution in [1.82, 2.24) is 0 Å². The van der Waals surface area contributed by atoms with Gasteiger partial charge in [-0.1, -0.05) is 28.1 Å². The van der Waals surface area contributed by atoms with Crippen LogP contribution in [0.5, 0.6) is 0 Å². The molecule has 1 saturated carbocycles. The molecule has 1 fully saturated rings.